The Balaban J connectivity index is 1.49. The maximum absolute atomic E-state index is 12.3. The van der Waals surface area contributed by atoms with Crippen molar-refractivity contribution in [3.63, 3.8) is 0 Å². The molecule has 0 spiro atoms. The van der Waals surface area contributed by atoms with Crippen LogP contribution < -0.4 is 15.0 Å². The van der Waals surface area contributed by atoms with E-state index in [0.717, 1.165) is 11.1 Å². The Kier molecular flexibility index (Phi) is 7.20. The van der Waals surface area contributed by atoms with E-state index in [4.69, 9.17) is 9.47 Å². The Hall–Kier alpha value is -4.79. The molecule has 0 aliphatic heterocycles. The summed E-state index contributed by atoms with van der Waals surface area (Å²) < 4.78 is 10.4. The minimum absolute atomic E-state index is 0.163. The van der Waals surface area contributed by atoms with Gasteiger partial charge in [0.15, 0.2) is 11.4 Å². The Bertz CT molecular complexity index is 1520. The van der Waals surface area contributed by atoms with Gasteiger partial charge in [0, 0.05) is 19.2 Å². The van der Waals surface area contributed by atoms with Crippen molar-refractivity contribution < 1.29 is 24.2 Å². The molecule has 36 heavy (non-hydrogen) atoms. The molecule has 0 saturated carbocycles. The SMILES string of the molecule is CC(=O)Oc1ccc(OC(C)=O)c(CCc2ccc(N=Nc3c(O)c4ccccc4[nH]c3=O)cc2)c1. The number of H-pyrrole nitrogens is 1. The van der Waals surface area contributed by atoms with Gasteiger partial charge in [-0.2, -0.15) is 5.11 Å². The maximum atomic E-state index is 12.3. The molecular formula is C27H23N3O6. The van der Waals surface area contributed by atoms with Crippen molar-refractivity contribution in [3.05, 3.63) is 88.2 Å². The predicted molar refractivity (Wildman–Crippen MR) is 133 cm³/mol. The first-order valence-corrected chi connectivity index (χ1v) is 11.1. The van der Waals surface area contributed by atoms with Crippen LogP contribution in [0.5, 0.6) is 17.2 Å². The van der Waals surface area contributed by atoms with Crippen molar-refractivity contribution in [1.82, 2.24) is 4.98 Å². The molecule has 0 unspecified atom stereocenters. The summed E-state index contributed by atoms with van der Waals surface area (Å²) in [6.45, 7) is 2.64. The smallest absolute Gasteiger partial charge is 0.308 e. The molecule has 1 heterocycles. The molecule has 9 nitrogen and oxygen atoms in total. The second-order valence-corrected chi connectivity index (χ2v) is 8.02. The first kappa shape index (κ1) is 24.3. The fourth-order valence-electron chi connectivity index (χ4n) is 3.66. The second kappa shape index (κ2) is 10.6. The van der Waals surface area contributed by atoms with Gasteiger partial charge in [0.05, 0.1) is 11.2 Å². The van der Waals surface area contributed by atoms with Crippen molar-refractivity contribution >= 4 is 34.2 Å². The number of carbonyl (C=O) groups excluding carboxylic acids is 2. The number of rotatable bonds is 7. The number of hydrogen-bond acceptors (Lipinski definition) is 8. The normalized spacial score (nSPS) is 11.1. The van der Waals surface area contributed by atoms with Gasteiger partial charge in [0.25, 0.3) is 5.56 Å². The highest BCUT2D eigenvalue weighted by atomic mass is 16.5. The standard InChI is InChI=1S/C27H23N3O6/c1-16(31)35-21-13-14-24(36-17(2)32)19(15-21)10-7-18-8-11-20(12-9-18)29-30-25-26(33)22-5-3-4-6-23(22)28-27(25)34/h3-6,8-9,11-15H,7,10H2,1-2H3,(H2,28,33,34). The number of ether oxygens (including phenoxy) is 2. The van der Waals surface area contributed by atoms with Gasteiger partial charge in [-0.1, -0.05) is 24.3 Å². The number of fused-ring (bicyclic) bond motifs is 1. The van der Waals surface area contributed by atoms with E-state index in [9.17, 15) is 19.5 Å². The molecule has 0 aliphatic carbocycles. The molecule has 0 radical (unpaired) electrons. The number of nitrogens with one attached hydrogen (secondary N) is 1. The second-order valence-electron chi connectivity index (χ2n) is 8.02. The number of nitrogens with zero attached hydrogens (tertiary/aromatic N) is 2. The number of esters is 2. The van der Waals surface area contributed by atoms with Gasteiger partial charge in [-0.25, -0.2) is 0 Å². The van der Waals surface area contributed by atoms with Crippen LogP contribution in [0.2, 0.25) is 0 Å². The molecule has 2 N–H and O–H groups in total. The molecule has 0 saturated heterocycles. The summed E-state index contributed by atoms with van der Waals surface area (Å²) in [5.74, 6) is -0.331. The fourth-order valence-corrected chi connectivity index (χ4v) is 3.66. The molecule has 0 aliphatic rings. The number of aromatic hydroxyl groups is 1. The number of carbonyl (C=O) groups is 2. The minimum Gasteiger partial charge on any atom is -0.505 e. The molecule has 0 amide bonds. The lowest BCUT2D eigenvalue weighted by atomic mass is 10.0. The van der Waals surface area contributed by atoms with Crippen LogP contribution in [0.3, 0.4) is 0 Å². The van der Waals surface area contributed by atoms with Crippen molar-refractivity contribution in [3.8, 4) is 17.2 Å². The van der Waals surface area contributed by atoms with E-state index in [2.05, 4.69) is 15.2 Å². The van der Waals surface area contributed by atoms with Crippen LogP contribution in [-0.2, 0) is 22.4 Å². The quantitative estimate of drug-likeness (QED) is 0.208. The zero-order chi connectivity index (χ0) is 25.7. The molecule has 4 rings (SSSR count). The first-order chi connectivity index (χ1) is 17.3. The van der Waals surface area contributed by atoms with Crippen LogP contribution in [0.25, 0.3) is 10.9 Å². The van der Waals surface area contributed by atoms with Crippen LogP contribution in [-0.4, -0.2) is 22.0 Å². The Morgan fingerprint density at radius 3 is 2.33 bits per heavy atom. The van der Waals surface area contributed by atoms with Crippen LogP contribution in [0.4, 0.5) is 11.4 Å². The molecule has 9 heteroatoms. The number of pyridine rings is 1. The lowest BCUT2D eigenvalue weighted by Crippen LogP contribution is -2.06. The van der Waals surface area contributed by atoms with Crippen LogP contribution >= 0.6 is 0 Å². The molecule has 0 fully saturated rings. The van der Waals surface area contributed by atoms with Gasteiger partial charge in [-0.3, -0.25) is 14.4 Å². The van der Waals surface area contributed by atoms with E-state index in [0.29, 0.717) is 40.9 Å². The lowest BCUT2D eigenvalue weighted by Gasteiger charge is -2.11. The third-order valence-electron chi connectivity index (χ3n) is 5.30. The highest BCUT2D eigenvalue weighted by Crippen LogP contribution is 2.31. The topological polar surface area (TPSA) is 130 Å². The molecule has 0 atom stereocenters. The summed E-state index contributed by atoms with van der Waals surface area (Å²) in [4.78, 5) is 37.7. The largest absolute Gasteiger partial charge is 0.505 e. The van der Waals surface area contributed by atoms with E-state index < -0.39 is 17.5 Å². The zero-order valence-corrected chi connectivity index (χ0v) is 19.6. The molecule has 3 aromatic carbocycles. The average molecular weight is 485 g/mol. The molecule has 1 aromatic heterocycles. The highest BCUT2D eigenvalue weighted by Gasteiger charge is 2.12. The molecule has 4 aromatic rings. The van der Waals surface area contributed by atoms with Crippen LogP contribution in [0.15, 0.2) is 81.8 Å². The van der Waals surface area contributed by atoms with Gasteiger partial charge in [-0.15, -0.1) is 5.11 Å². The highest BCUT2D eigenvalue weighted by molar-refractivity contribution is 5.88. The number of aryl methyl sites for hydroxylation is 2. The zero-order valence-electron chi connectivity index (χ0n) is 19.6. The van der Waals surface area contributed by atoms with Crippen molar-refractivity contribution in [2.45, 2.75) is 26.7 Å². The van der Waals surface area contributed by atoms with E-state index in [1.807, 2.05) is 12.1 Å². The maximum Gasteiger partial charge on any atom is 0.308 e. The van der Waals surface area contributed by atoms with Crippen molar-refractivity contribution in [2.75, 3.05) is 0 Å². The number of aromatic amines is 1. The summed E-state index contributed by atoms with van der Waals surface area (Å²) in [5.41, 5.74) is 2.02. The number of aromatic nitrogens is 1. The van der Waals surface area contributed by atoms with E-state index >= 15 is 0 Å². The Labute approximate surface area is 206 Å². The van der Waals surface area contributed by atoms with Gasteiger partial charge < -0.3 is 19.6 Å². The van der Waals surface area contributed by atoms with E-state index in [1.54, 1.807) is 54.6 Å². The first-order valence-electron chi connectivity index (χ1n) is 11.1. The Morgan fingerprint density at radius 2 is 1.61 bits per heavy atom. The third kappa shape index (κ3) is 5.82. The summed E-state index contributed by atoms with van der Waals surface area (Å²) in [6, 6.07) is 18.9. The number of benzene rings is 3. The number of azo groups is 1. The average Bonchev–Trinajstić information content (AvgIpc) is 2.84. The molecular weight excluding hydrogens is 462 g/mol. The van der Waals surface area contributed by atoms with Gasteiger partial charge in [-0.05, 0) is 66.4 Å². The number of hydrogen-bond donors (Lipinski definition) is 2. The van der Waals surface area contributed by atoms with Crippen LogP contribution in [0, 0.1) is 0 Å². The molecule has 182 valence electrons. The summed E-state index contributed by atoms with van der Waals surface area (Å²) in [6.07, 6.45) is 1.14. The van der Waals surface area contributed by atoms with Gasteiger partial charge in [0.2, 0.25) is 0 Å². The molecule has 0 bridgehead atoms. The monoisotopic (exact) mass is 485 g/mol. The van der Waals surface area contributed by atoms with Gasteiger partial charge in [0.1, 0.15) is 11.5 Å². The predicted octanol–water partition coefficient (Wildman–Crippen LogP) is 5.28. The third-order valence-corrected chi connectivity index (χ3v) is 5.30. The summed E-state index contributed by atoms with van der Waals surface area (Å²) in [7, 11) is 0. The van der Waals surface area contributed by atoms with Crippen molar-refractivity contribution in [2.24, 2.45) is 10.2 Å². The van der Waals surface area contributed by atoms with E-state index in [-0.39, 0.29) is 11.4 Å². The fraction of sp³-hybridized carbons (Fsp3) is 0.148. The lowest BCUT2D eigenvalue weighted by molar-refractivity contribution is -0.133. The summed E-state index contributed by atoms with van der Waals surface area (Å²) in [5, 5.41) is 19.0. The van der Waals surface area contributed by atoms with Gasteiger partial charge >= 0.3 is 11.9 Å². The van der Waals surface area contributed by atoms with Crippen molar-refractivity contribution in [1.29, 1.82) is 0 Å². The minimum atomic E-state index is -0.536. The van der Waals surface area contributed by atoms with Crippen LogP contribution in [0.1, 0.15) is 25.0 Å². The van der Waals surface area contributed by atoms with E-state index in [1.165, 1.54) is 13.8 Å². The Morgan fingerprint density at radius 1 is 0.889 bits per heavy atom. The summed E-state index contributed by atoms with van der Waals surface area (Å²) >= 11 is 0. The number of para-hydroxylation sites is 1.